The molecular formula is C28H38O3. The average molecular weight is 423 g/mol. The summed E-state index contributed by atoms with van der Waals surface area (Å²) in [7, 11) is 0. The molecule has 0 aromatic heterocycles. The number of unbranched alkanes of at least 4 members (excludes halogenated alkanes) is 7. The molecule has 0 fully saturated rings. The highest BCUT2D eigenvalue weighted by molar-refractivity contribution is 5.90. The molecule has 0 saturated carbocycles. The van der Waals surface area contributed by atoms with Gasteiger partial charge in [0, 0.05) is 0 Å². The van der Waals surface area contributed by atoms with Gasteiger partial charge in [0.1, 0.15) is 5.75 Å². The SMILES string of the molecule is CCCCCCCCCCOc1ccc(C(C)=Cc2ccc(C(=O)OCC)cc2)cc1. The summed E-state index contributed by atoms with van der Waals surface area (Å²) < 4.78 is 10.9. The number of carbonyl (C=O) groups excluding carboxylic acids is 1. The molecule has 0 unspecified atom stereocenters. The Morgan fingerprint density at radius 3 is 1.97 bits per heavy atom. The molecular weight excluding hydrogens is 384 g/mol. The summed E-state index contributed by atoms with van der Waals surface area (Å²) >= 11 is 0. The molecule has 0 heterocycles. The summed E-state index contributed by atoms with van der Waals surface area (Å²) in [5, 5.41) is 0. The number of hydrogen-bond acceptors (Lipinski definition) is 3. The Balaban J connectivity index is 1.76. The average Bonchev–Trinajstić information content (AvgIpc) is 2.79. The minimum atomic E-state index is -0.280. The van der Waals surface area contributed by atoms with E-state index in [1.807, 2.05) is 31.2 Å². The molecule has 2 aromatic rings. The number of hydrogen-bond donors (Lipinski definition) is 0. The molecule has 2 rings (SSSR count). The molecule has 0 aliphatic heterocycles. The lowest BCUT2D eigenvalue weighted by Gasteiger charge is -2.08. The van der Waals surface area contributed by atoms with E-state index >= 15 is 0 Å². The van der Waals surface area contributed by atoms with Crippen LogP contribution < -0.4 is 4.74 Å². The van der Waals surface area contributed by atoms with Crippen LogP contribution >= 0.6 is 0 Å². The molecule has 0 N–H and O–H groups in total. The third-order valence-corrected chi connectivity index (χ3v) is 5.38. The van der Waals surface area contributed by atoms with Crippen LogP contribution in [0.15, 0.2) is 48.5 Å². The van der Waals surface area contributed by atoms with Crippen LogP contribution in [0, 0.1) is 0 Å². The van der Waals surface area contributed by atoms with Crippen molar-refractivity contribution in [2.75, 3.05) is 13.2 Å². The van der Waals surface area contributed by atoms with Crippen molar-refractivity contribution in [1.29, 1.82) is 0 Å². The highest BCUT2D eigenvalue weighted by Gasteiger charge is 2.05. The topological polar surface area (TPSA) is 35.5 Å². The predicted octanol–water partition coefficient (Wildman–Crippen LogP) is 7.94. The summed E-state index contributed by atoms with van der Waals surface area (Å²) in [4.78, 5) is 11.8. The summed E-state index contributed by atoms with van der Waals surface area (Å²) in [5.41, 5.74) is 3.96. The Morgan fingerprint density at radius 1 is 0.774 bits per heavy atom. The molecule has 3 heteroatoms. The van der Waals surface area contributed by atoms with Gasteiger partial charge in [0.25, 0.3) is 0 Å². The minimum absolute atomic E-state index is 0.280. The van der Waals surface area contributed by atoms with Crippen molar-refractivity contribution in [1.82, 2.24) is 0 Å². The fourth-order valence-corrected chi connectivity index (χ4v) is 3.50. The molecule has 31 heavy (non-hydrogen) atoms. The van der Waals surface area contributed by atoms with Crippen molar-refractivity contribution in [2.24, 2.45) is 0 Å². The van der Waals surface area contributed by atoms with Gasteiger partial charge in [-0.3, -0.25) is 0 Å². The number of rotatable bonds is 14. The van der Waals surface area contributed by atoms with Gasteiger partial charge in [-0.1, -0.05) is 82.2 Å². The van der Waals surface area contributed by atoms with Crippen molar-refractivity contribution in [3.8, 4) is 5.75 Å². The van der Waals surface area contributed by atoms with E-state index in [9.17, 15) is 4.79 Å². The molecule has 0 radical (unpaired) electrons. The highest BCUT2D eigenvalue weighted by atomic mass is 16.5. The summed E-state index contributed by atoms with van der Waals surface area (Å²) in [6.07, 6.45) is 12.6. The van der Waals surface area contributed by atoms with Crippen LogP contribution in [0.25, 0.3) is 11.6 Å². The number of esters is 1. The van der Waals surface area contributed by atoms with Crippen molar-refractivity contribution >= 4 is 17.6 Å². The Kier molecular flexibility index (Phi) is 11.5. The molecule has 0 aliphatic carbocycles. The zero-order chi connectivity index (χ0) is 22.3. The molecule has 0 aliphatic rings. The first kappa shape index (κ1) is 24.7. The van der Waals surface area contributed by atoms with E-state index in [1.54, 1.807) is 12.1 Å². The van der Waals surface area contributed by atoms with Crippen molar-refractivity contribution in [3.05, 3.63) is 65.2 Å². The van der Waals surface area contributed by atoms with Crippen molar-refractivity contribution < 1.29 is 14.3 Å². The summed E-state index contributed by atoms with van der Waals surface area (Å²) in [5.74, 6) is 0.649. The highest BCUT2D eigenvalue weighted by Crippen LogP contribution is 2.21. The molecule has 0 saturated heterocycles. The Labute approximate surface area is 188 Å². The molecule has 2 aromatic carbocycles. The van der Waals surface area contributed by atoms with Gasteiger partial charge in [-0.25, -0.2) is 4.79 Å². The second-order valence-electron chi connectivity index (χ2n) is 8.02. The smallest absolute Gasteiger partial charge is 0.338 e. The maximum atomic E-state index is 11.8. The van der Waals surface area contributed by atoms with Crippen LogP contribution in [0.5, 0.6) is 5.75 Å². The van der Waals surface area contributed by atoms with Gasteiger partial charge in [0.05, 0.1) is 18.8 Å². The molecule has 0 bridgehead atoms. The fourth-order valence-electron chi connectivity index (χ4n) is 3.50. The lowest BCUT2D eigenvalue weighted by atomic mass is 10.0. The maximum Gasteiger partial charge on any atom is 0.338 e. The first-order valence-electron chi connectivity index (χ1n) is 11.8. The monoisotopic (exact) mass is 422 g/mol. The molecule has 0 spiro atoms. The maximum absolute atomic E-state index is 11.8. The van der Waals surface area contributed by atoms with Gasteiger partial charge in [0.15, 0.2) is 0 Å². The number of allylic oxidation sites excluding steroid dienone is 1. The standard InChI is InChI=1S/C28H38O3/c1-4-6-7-8-9-10-11-12-21-31-27-19-17-25(18-20-27)23(3)22-24-13-15-26(16-14-24)28(29)30-5-2/h13-20,22H,4-12,21H2,1-3H3. The summed E-state index contributed by atoms with van der Waals surface area (Å²) in [6.45, 7) is 7.34. The second kappa shape index (κ2) is 14.5. The van der Waals surface area contributed by atoms with Crippen molar-refractivity contribution in [2.45, 2.75) is 72.1 Å². The van der Waals surface area contributed by atoms with Gasteiger partial charge in [-0.15, -0.1) is 0 Å². The van der Waals surface area contributed by atoms with Crippen molar-refractivity contribution in [3.63, 3.8) is 0 Å². The lowest BCUT2D eigenvalue weighted by Crippen LogP contribution is -2.03. The van der Waals surface area contributed by atoms with Crippen LogP contribution in [0.4, 0.5) is 0 Å². The fraction of sp³-hybridized carbons (Fsp3) is 0.464. The number of carbonyl (C=O) groups is 1. The van der Waals surface area contributed by atoms with Gasteiger partial charge in [0.2, 0.25) is 0 Å². The van der Waals surface area contributed by atoms with E-state index in [0.717, 1.165) is 29.9 Å². The Morgan fingerprint density at radius 2 is 1.35 bits per heavy atom. The van der Waals surface area contributed by atoms with Crippen LogP contribution in [0.1, 0.15) is 93.6 Å². The molecule has 3 nitrogen and oxygen atoms in total. The quantitative estimate of drug-likeness (QED) is 0.176. The molecule has 168 valence electrons. The van der Waals surface area contributed by atoms with Crippen LogP contribution in [-0.4, -0.2) is 19.2 Å². The van der Waals surface area contributed by atoms with E-state index in [-0.39, 0.29) is 5.97 Å². The Bertz CT molecular complexity index is 788. The predicted molar refractivity (Wildman–Crippen MR) is 130 cm³/mol. The van der Waals surface area contributed by atoms with E-state index in [1.165, 1.54) is 50.5 Å². The third-order valence-electron chi connectivity index (χ3n) is 5.38. The zero-order valence-electron chi connectivity index (χ0n) is 19.5. The molecule has 0 amide bonds. The number of ether oxygens (including phenoxy) is 2. The van der Waals surface area contributed by atoms with Crippen LogP contribution in [-0.2, 0) is 4.74 Å². The van der Waals surface area contributed by atoms with Gasteiger partial charge in [-0.05, 0) is 61.2 Å². The largest absolute Gasteiger partial charge is 0.494 e. The first-order chi connectivity index (χ1) is 15.1. The summed E-state index contributed by atoms with van der Waals surface area (Å²) in [6, 6.07) is 15.8. The van der Waals surface area contributed by atoms with E-state index < -0.39 is 0 Å². The van der Waals surface area contributed by atoms with Gasteiger partial charge in [-0.2, -0.15) is 0 Å². The normalized spacial score (nSPS) is 11.4. The van der Waals surface area contributed by atoms with E-state index in [0.29, 0.717) is 12.2 Å². The van der Waals surface area contributed by atoms with Crippen LogP contribution in [0.2, 0.25) is 0 Å². The second-order valence-corrected chi connectivity index (χ2v) is 8.02. The molecule has 0 atom stereocenters. The zero-order valence-corrected chi connectivity index (χ0v) is 19.5. The Hall–Kier alpha value is -2.55. The van der Waals surface area contributed by atoms with Gasteiger partial charge < -0.3 is 9.47 Å². The number of benzene rings is 2. The van der Waals surface area contributed by atoms with E-state index in [2.05, 4.69) is 32.1 Å². The minimum Gasteiger partial charge on any atom is -0.494 e. The van der Waals surface area contributed by atoms with Crippen LogP contribution in [0.3, 0.4) is 0 Å². The van der Waals surface area contributed by atoms with Gasteiger partial charge >= 0.3 is 5.97 Å². The van der Waals surface area contributed by atoms with E-state index in [4.69, 9.17) is 9.47 Å². The lowest BCUT2D eigenvalue weighted by molar-refractivity contribution is 0.0526. The first-order valence-corrected chi connectivity index (χ1v) is 11.8. The third kappa shape index (κ3) is 9.42.